The van der Waals surface area contributed by atoms with Crippen LogP contribution in [0.15, 0.2) is 51.9 Å². The van der Waals surface area contributed by atoms with E-state index in [-0.39, 0.29) is 11.3 Å². The third kappa shape index (κ3) is 2.10. The molecule has 1 heterocycles. The average Bonchev–Trinajstić information content (AvgIpc) is 2.17. The molecule has 0 fully saturated rings. The van der Waals surface area contributed by atoms with Gasteiger partial charge in [0, 0.05) is 28.5 Å². The average molecular weight is 266 g/mol. The lowest BCUT2D eigenvalue weighted by Crippen LogP contribution is -2.03. The van der Waals surface area contributed by atoms with Crippen LogP contribution in [0.3, 0.4) is 0 Å². The summed E-state index contributed by atoms with van der Waals surface area (Å²) in [5.41, 5.74) is 0.584. The highest BCUT2D eigenvalue weighted by molar-refractivity contribution is 9.10. The number of aromatic nitrogens is 1. The van der Waals surface area contributed by atoms with Gasteiger partial charge < -0.3 is 5.11 Å². The number of aromatic hydroxyl groups is 1. The van der Waals surface area contributed by atoms with Gasteiger partial charge in [0.1, 0.15) is 0 Å². The summed E-state index contributed by atoms with van der Waals surface area (Å²) in [6.45, 7) is 0. The second-order valence-electron chi connectivity index (χ2n) is 3.07. The Kier molecular flexibility index (Phi) is 2.60. The number of hydrogen-bond donors (Lipinski definition) is 1. The number of hydrogen-bond acceptors (Lipinski definition) is 2. The monoisotopic (exact) mass is 265 g/mol. The van der Waals surface area contributed by atoms with E-state index in [1.165, 1.54) is 16.7 Å². The normalized spacial score (nSPS) is 10.2. The molecule has 1 aromatic carbocycles. The number of rotatable bonds is 1. The summed E-state index contributed by atoms with van der Waals surface area (Å²) in [5, 5.41) is 9.58. The van der Waals surface area contributed by atoms with Crippen LogP contribution in [0.4, 0.5) is 0 Å². The molecular weight excluding hydrogens is 258 g/mol. The van der Waals surface area contributed by atoms with E-state index in [1.807, 2.05) is 24.3 Å². The molecule has 15 heavy (non-hydrogen) atoms. The molecule has 2 rings (SSSR count). The first-order chi connectivity index (χ1) is 7.16. The largest absolute Gasteiger partial charge is 0.494 e. The molecule has 0 saturated carbocycles. The minimum absolute atomic E-state index is 0.0689. The van der Waals surface area contributed by atoms with Crippen molar-refractivity contribution in [1.82, 2.24) is 4.57 Å². The Labute approximate surface area is 94.7 Å². The molecule has 0 bridgehead atoms. The first-order valence-corrected chi connectivity index (χ1v) is 5.14. The summed E-state index contributed by atoms with van der Waals surface area (Å²) >= 11 is 3.34. The summed E-state index contributed by atoms with van der Waals surface area (Å²) in [5.74, 6) is -0.0689. The van der Waals surface area contributed by atoms with Gasteiger partial charge in [-0.25, -0.2) is 0 Å². The predicted molar refractivity (Wildman–Crippen MR) is 61.4 cm³/mol. The van der Waals surface area contributed by atoms with Crippen molar-refractivity contribution in [2.24, 2.45) is 0 Å². The molecule has 0 radical (unpaired) electrons. The van der Waals surface area contributed by atoms with Crippen molar-refractivity contribution < 1.29 is 5.11 Å². The molecule has 76 valence electrons. The first kappa shape index (κ1) is 9.98. The number of halogens is 1. The van der Waals surface area contributed by atoms with Crippen molar-refractivity contribution in [1.29, 1.82) is 0 Å². The van der Waals surface area contributed by atoms with Gasteiger partial charge in [-0.2, -0.15) is 0 Å². The number of pyridine rings is 1. The van der Waals surface area contributed by atoms with Crippen LogP contribution < -0.4 is 5.43 Å². The molecule has 0 aliphatic heterocycles. The second-order valence-corrected chi connectivity index (χ2v) is 3.99. The van der Waals surface area contributed by atoms with Gasteiger partial charge in [-0.05, 0) is 18.2 Å². The summed E-state index contributed by atoms with van der Waals surface area (Å²) in [4.78, 5) is 11.0. The zero-order valence-electron chi connectivity index (χ0n) is 7.72. The molecule has 4 heteroatoms. The SMILES string of the molecule is O=c1ccn(-c2cccc(Br)c2)c(O)c1. The maximum absolute atomic E-state index is 11.0. The molecule has 0 atom stereocenters. The highest BCUT2D eigenvalue weighted by Crippen LogP contribution is 2.18. The Bertz CT molecular complexity index is 548. The molecule has 1 aromatic heterocycles. The summed E-state index contributed by atoms with van der Waals surface area (Å²) in [6.07, 6.45) is 1.54. The van der Waals surface area contributed by atoms with Crippen LogP contribution in [0.2, 0.25) is 0 Å². The quantitative estimate of drug-likeness (QED) is 0.860. The molecule has 0 spiro atoms. The Morgan fingerprint density at radius 1 is 1.20 bits per heavy atom. The number of nitrogens with zero attached hydrogens (tertiary/aromatic N) is 1. The van der Waals surface area contributed by atoms with Crippen LogP contribution in [-0.2, 0) is 0 Å². The minimum Gasteiger partial charge on any atom is -0.494 e. The van der Waals surface area contributed by atoms with Crippen LogP contribution in [-0.4, -0.2) is 9.67 Å². The first-order valence-electron chi connectivity index (χ1n) is 4.34. The Morgan fingerprint density at radius 2 is 2.00 bits per heavy atom. The number of benzene rings is 1. The zero-order chi connectivity index (χ0) is 10.8. The molecule has 0 aliphatic carbocycles. The molecule has 0 amide bonds. The van der Waals surface area contributed by atoms with Gasteiger partial charge >= 0.3 is 0 Å². The predicted octanol–water partition coefficient (Wildman–Crippen LogP) is 2.31. The lowest BCUT2D eigenvalue weighted by Gasteiger charge is -2.08. The molecular formula is C11H8BrNO2. The highest BCUT2D eigenvalue weighted by atomic mass is 79.9. The molecule has 1 N–H and O–H groups in total. The van der Waals surface area contributed by atoms with Crippen LogP contribution in [0.1, 0.15) is 0 Å². The zero-order valence-corrected chi connectivity index (χ0v) is 9.31. The third-order valence-corrected chi connectivity index (χ3v) is 2.49. The highest BCUT2D eigenvalue weighted by Gasteiger charge is 2.01. The van der Waals surface area contributed by atoms with Crippen molar-refractivity contribution in [3.63, 3.8) is 0 Å². The Hall–Kier alpha value is -1.55. The van der Waals surface area contributed by atoms with E-state index in [0.717, 1.165) is 10.2 Å². The van der Waals surface area contributed by atoms with Gasteiger partial charge in [0.25, 0.3) is 0 Å². The molecule has 0 unspecified atom stereocenters. The van der Waals surface area contributed by atoms with Crippen molar-refractivity contribution >= 4 is 15.9 Å². The standard InChI is InChI=1S/C11H8BrNO2/c12-8-2-1-3-9(6-8)13-5-4-10(14)7-11(13)15/h1-7,15H. The van der Waals surface area contributed by atoms with Gasteiger partial charge in [-0.1, -0.05) is 22.0 Å². The van der Waals surface area contributed by atoms with Crippen molar-refractivity contribution in [2.45, 2.75) is 0 Å². The Morgan fingerprint density at radius 3 is 2.67 bits per heavy atom. The third-order valence-electron chi connectivity index (χ3n) is 1.99. The van der Waals surface area contributed by atoms with E-state index < -0.39 is 0 Å². The topological polar surface area (TPSA) is 42.2 Å². The van der Waals surface area contributed by atoms with E-state index in [9.17, 15) is 9.90 Å². The lowest BCUT2D eigenvalue weighted by atomic mass is 10.3. The summed E-state index contributed by atoms with van der Waals surface area (Å²) < 4.78 is 2.45. The molecule has 0 aliphatic rings. The maximum Gasteiger partial charge on any atom is 0.199 e. The van der Waals surface area contributed by atoms with E-state index >= 15 is 0 Å². The van der Waals surface area contributed by atoms with Gasteiger partial charge in [-0.15, -0.1) is 0 Å². The minimum atomic E-state index is -0.209. The fourth-order valence-electron chi connectivity index (χ4n) is 1.31. The lowest BCUT2D eigenvalue weighted by molar-refractivity contribution is 0.437. The van der Waals surface area contributed by atoms with Crippen LogP contribution >= 0.6 is 15.9 Å². The van der Waals surface area contributed by atoms with E-state index in [1.54, 1.807) is 6.20 Å². The maximum atomic E-state index is 11.0. The van der Waals surface area contributed by atoms with Crippen molar-refractivity contribution in [3.8, 4) is 11.6 Å². The van der Waals surface area contributed by atoms with E-state index in [4.69, 9.17) is 0 Å². The van der Waals surface area contributed by atoms with E-state index in [0.29, 0.717) is 0 Å². The smallest absolute Gasteiger partial charge is 0.199 e. The summed E-state index contributed by atoms with van der Waals surface area (Å²) in [6, 6.07) is 10.0. The summed E-state index contributed by atoms with van der Waals surface area (Å²) in [7, 11) is 0. The van der Waals surface area contributed by atoms with Crippen LogP contribution in [0.5, 0.6) is 5.88 Å². The van der Waals surface area contributed by atoms with Crippen LogP contribution in [0.25, 0.3) is 5.69 Å². The van der Waals surface area contributed by atoms with Gasteiger partial charge in [0.05, 0.1) is 0 Å². The van der Waals surface area contributed by atoms with Crippen LogP contribution in [0, 0.1) is 0 Å². The fourth-order valence-corrected chi connectivity index (χ4v) is 1.70. The fraction of sp³-hybridized carbons (Fsp3) is 0. The van der Waals surface area contributed by atoms with Crippen molar-refractivity contribution in [2.75, 3.05) is 0 Å². The molecule has 0 saturated heterocycles. The van der Waals surface area contributed by atoms with E-state index in [2.05, 4.69) is 15.9 Å². The van der Waals surface area contributed by atoms with Gasteiger partial charge in [0.15, 0.2) is 11.3 Å². The van der Waals surface area contributed by atoms with Crippen molar-refractivity contribution in [3.05, 3.63) is 57.3 Å². The van der Waals surface area contributed by atoms with Gasteiger partial charge in [-0.3, -0.25) is 9.36 Å². The molecule has 3 nitrogen and oxygen atoms in total. The Balaban J connectivity index is 2.59. The second kappa shape index (κ2) is 3.90. The molecule has 2 aromatic rings. The van der Waals surface area contributed by atoms with Gasteiger partial charge in [0.2, 0.25) is 0 Å².